The van der Waals surface area contributed by atoms with E-state index in [-0.39, 0.29) is 24.2 Å². The summed E-state index contributed by atoms with van der Waals surface area (Å²) in [7, 11) is 0. The van der Waals surface area contributed by atoms with E-state index in [0.717, 1.165) is 17.5 Å². The van der Waals surface area contributed by atoms with Gasteiger partial charge in [-0.2, -0.15) is 5.10 Å². The van der Waals surface area contributed by atoms with Crippen LogP contribution < -0.4 is 10.6 Å². The molecule has 6 heteroatoms. The number of nitrogens with zero attached hydrogens (tertiary/aromatic N) is 1. The first kappa shape index (κ1) is 12.9. The second-order valence-corrected chi connectivity index (χ2v) is 6.68. The van der Waals surface area contributed by atoms with Crippen LogP contribution >= 0.6 is 0 Å². The molecule has 112 valence electrons. The first-order valence-corrected chi connectivity index (χ1v) is 7.82. The second kappa shape index (κ2) is 4.86. The Bertz CT molecular complexity index is 582. The molecule has 0 aromatic carbocycles. The fourth-order valence-corrected chi connectivity index (χ4v) is 4.24. The lowest BCUT2D eigenvalue weighted by molar-refractivity contribution is -0.123. The molecular weight excluding hydrogens is 268 g/mol. The first-order valence-electron chi connectivity index (χ1n) is 7.82. The third-order valence-electron chi connectivity index (χ3n) is 5.33. The first-order chi connectivity index (χ1) is 10.2. The van der Waals surface area contributed by atoms with Crippen LogP contribution in [-0.4, -0.2) is 28.6 Å². The van der Waals surface area contributed by atoms with Gasteiger partial charge in [0.05, 0.1) is 5.92 Å². The highest BCUT2D eigenvalue weighted by atomic mass is 16.2. The summed E-state index contributed by atoms with van der Waals surface area (Å²) < 4.78 is 0. The number of rotatable bonds is 3. The average molecular weight is 288 g/mol. The van der Waals surface area contributed by atoms with Crippen molar-refractivity contribution < 1.29 is 9.59 Å². The van der Waals surface area contributed by atoms with E-state index in [9.17, 15) is 9.59 Å². The standard InChI is InChI=1S/C15H20N4O2/c20-14-5-10(7-16-14)15(21)17-13-6-12(18-19-13)11-4-8-1-2-9(11)3-8/h6,8-11H,1-5,7H2,(H,16,20)(H2,17,18,19,21). The van der Waals surface area contributed by atoms with Gasteiger partial charge in [-0.3, -0.25) is 14.7 Å². The molecule has 4 atom stereocenters. The molecule has 3 aliphatic rings. The van der Waals surface area contributed by atoms with Crippen molar-refractivity contribution in [1.82, 2.24) is 15.5 Å². The minimum atomic E-state index is -0.278. The Labute approximate surface area is 123 Å². The summed E-state index contributed by atoms with van der Waals surface area (Å²) in [6.45, 7) is 0.425. The summed E-state index contributed by atoms with van der Waals surface area (Å²) in [4.78, 5) is 23.2. The van der Waals surface area contributed by atoms with E-state index in [1.807, 2.05) is 6.07 Å². The van der Waals surface area contributed by atoms with Gasteiger partial charge in [0.2, 0.25) is 11.8 Å². The Morgan fingerprint density at radius 1 is 1.33 bits per heavy atom. The van der Waals surface area contributed by atoms with Crippen LogP contribution in [-0.2, 0) is 9.59 Å². The monoisotopic (exact) mass is 288 g/mol. The van der Waals surface area contributed by atoms with E-state index in [1.165, 1.54) is 25.7 Å². The van der Waals surface area contributed by atoms with Gasteiger partial charge >= 0.3 is 0 Å². The van der Waals surface area contributed by atoms with E-state index in [1.54, 1.807) is 0 Å². The van der Waals surface area contributed by atoms with Gasteiger partial charge in [0.25, 0.3) is 0 Å². The fraction of sp³-hybridized carbons (Fsp3) is 0.667. The Kier molecular flexibility index (Phi) is 2.97. The average Bonchev–Trinajstić information content (AvgIpc) is 3.21. The number of fused-ring (bicyclic) bond motifs is 2. The zero-order chi connectivity index (χ0) is 14.4. The molecule has 2 heterocycles. The summed E-state index contributed by atoms with van der Waals surface area (Å²) in [6.07, 6.45) is 5.57. The molecule has 3 N–H and O–H groups in total. The van der Waals surface area contributed by atoms with Crippen molar-refractivity contribution in [3.05, 3.63) is 11.8 Å². The lowest BCUT2D eigenvalue weighted by Crippen LogP contribution is -2.24. The highest BCUT2D eigenvalue weighted by molar-refractivity contribution is 5.96. The van der Waals surface area contributed by atoms with Crippen LogP contribution in [0.3, 0.4) is 0 Å². The third-order valence-corrected chi connectivity index (χ3v) is 5.33. The molecule has 4 unspecified atom stereocenters. The Morgan fingerprint density at radius 3 is 2.90 bits per heavy atom. The summed E-state index contributed by atoms with van der Waals surface area (Å²) in [5.74, 6) is 2.38. The number of anilines is 1. The van der Waals surface area contributed by atoms with Gasteiger partial charge in [-0.15, -0.1) is 0 Å². The van der Waals surface area contributed by atoms with Crippen LogP contribution in [0.1, 0.15) is 43.7 Å². The number of aromatic amines is 1. The quantitative estimate of drug-likeness (QED) is 0.785. The largest absolute Gasteiger partial charge is 0.355 e. The smallest absolute Gasteiger partial charge is 0.230 e. The van der Waals surface area contributed by atoms with Crippen molar-refractivity contribution in [2.24, 2.45) is 17.8 Å². The minimum absolute atomic E-state index is 0.0557. The molecule has 0 radical (unpaired) electrons. The summed E-state index contributed by atoms with van der Waals surface area (Å²) in [5.41, 5.74) is 1.15. The van der Waals surface area contributed by atoms with Gasteiger partial charge < -0.3 is 10.6 Å². The molecule has 6 nitrogen and oxygen atoms in total. The number of hydrogen-bond donors (Lipinski definition) is 3. The third kappa shape index (κ3) is 2.32. The summed E-state index contributed by atoms with van der Waals surface area (Å²) in [6, 6.07) is 1.97. The molecule has 2 bridgehead atoms. The second-order valence-electron chi connectivity index (χ2n) is 6.68. The number of aromatic nitrogens is 2. The Balaban J connectivity index is 1.40. The number of nitrogens with one attached hydrogen (secondary N) is 3. The Morgan fingerprint density at radius 2 is 2.24 bits per heavy atom. The molecule has 1 saturated heterocycles. The molecule has 3 fully saturated rings. The zero-order valence-corrected chi connectivity index (χ0v) is 11.9. The maximum atomic E-state index is 12.1. The van der Waals surface area contributed by atoms with Crippen LogP contribution in [0.5, 0.6) is 0 Å². The molecule has 1 aromatic heterocycles. The fourth-order valence-electron chi connectivity index (χ4n) is 4.24. The molecule has 1 aliphatic heterocycles. The van der Waals surface area contributed by atoms with Gasteiger partial charge in [-0.05, 0) is 31.1 Å². The molecule has 2 saturated carbocycles. The number of H-pyrrole nitrogens is 1. The summed E-state index contributed by atoms with van der Waals surface area (Å²) >= 11 is 0. The van der Waals surface area contributed by atoms with Crippen molar-refractivity contribution in [1.29, 1.82) is 0 Å². The maximum absolute atomic E-state index is 12.1. The van der Waals surface area contributed by atoms with Crippen molar-refractivity contribution in [3.63, 3.8) is 0 Å². The topological polar surface area (TPSA) is 86.9 Å². The normalized spacial score (nSPS) is 34.2. The van der Waals surface area contributed by atoms with Crippen LogP contribution in [0.25, 0.3) is 0 Å². The zero-order valence-electron chi connectivity index (χ0n) is 11.9. The van der Waals surface area contributed by atoms with Gasteiger partial charge in [0.15, 0.2) is 5.82 Å². The Hall–Kier alpha value is -1.85. The van der Waals surface area contributed by atoms with E-state index < -0.39 is 0 Å². The van der Waals surface area contributed by atoms with Crippen molar-refractivity contribution in [3.8, 4) is 0 Å². The van der Waals surface area contributed by atoms with E-state index in [2.05, 4.69) is 20.8 Å². The molecule has 1 aromatic rings. The lowest BCUT2D eigenvalue weighted by Gasteiger charge is -2.19. The molecule has 21 heavy (non-hydrogen) atoms. The molecule has 4 rings (SSSR count). The van der Waals surface area contributed by atoms with Crippen molar-refractivity contribution >= 4 is 17.6 Å². The predicted molar refractivity (Wildman–Crippen MR) is 76.5 cm³/mol. The lowest BCUT2D eigenvalue weighted by atomic mass is 9.86. The van der Waals surface area contributed by atoms with Crippen molar-refractivity contribution in [2.75, 3.05) is 11.9 Å². The maximum Gasteiger partial charge on any atom is 0.230 e. The van der Waals surface area contributed by atoms with Crippen LogP contribution in [0.15, 0.2) is 6.07 Å². The van der Waals surface area contributed by atoms with Crippen LogP contribution in [0, 0.1) is 17.8 Å². The molecule has 2 aliphatic carbocycles. The number of carbonyl (C=O) groups excluding carboxylic acids is 2. The van der Waals surface area contributed by atoms with Crippen LogP contribution in [0.2, 0.25) is 0 Å². The van der Waals surface area contributed by atoms with Gasteiger partial charge in [0, 0.05) is 30.6 Å². The SMILES string of the molecule is O=C1CC(C(=O)Nc2cc(C3CC4CCC3C4)[nH]n2)CN1. The molecule has 2 amide bonds. The highest BCUT2D eigenvalue weighted by Gasteiger charge is 2.41. The predicted octanol–water partition coefficient (Wildman–Crippen LogP) is 1.39. The van der Waals surface area contributed by atoms with Crippen molar-refractivity contribution in [2.45, 2.75) is 38.0 Å². The van der Waals surface area contributed by atoms with E-state index in [0.29, 0.717) is 18.3 Å². The minimum Gasteiger partial charge on any atom is -0.355 e. The molecule has 0 spiro atoms. The van der Waals surface area contributed by atoms with Gasteiger partial charge in [-0.25, -0.2) is 0 Å². The van der Waals surface area contributed by atoms with Gasteiger partial charge in [0.1, 0.15) is 0 Å². The number of hydrogen-bond acceptors (Lipinski definition) is 3. The molecular formula is C15H20N4O2. The van der Waals surface area contributed by atoms with E-state index >= 15 is 0 Å². The highest BCUT2D eigenvalue weighted by Crippen LogP contribution is 2.52. The van der Waals surface area contributed by atoms with Crippen LogP contribution in [0.4, 0.5) is 5.82 Å². The van der Waals surface area contributed by atoms with E-state index in [4.69, 9.17) is 0 Å². The van der Waals surface area contributed by atoms with Gasteiger partial charge in [-0.1, -0.05) is 6.42 Å². The number of amides is 2. The number of carbonyl (C=O) groups is 2. The summed E-state index contributed by atoms with van der Waals surface area (Å²) in [5, 5.41) is 12.8.